The predicted octanol–water partition coefficient (Wildman–Crippen LogP) is 2.60. The molecule has 0 spiro atoms. The van der Waals surface area contributed by atoms with Crippen LogP contribution in [0.25, 0.3) is 21.7 Å². The number of hydrazone groups is 1. The van der Waals surface area contributed by atoms with Crippen LogP contribution in [-0.4, -0.2) is 25.0 Å². The molecule has 2 aromatic carbocycles. The van der Waals surface area contributed by atoms with Crippen LogP contribution < -0.4 is 10.6 Å². The molecule has 1 aliphatic rings. The van der Waals surface area contributed by atoms with E-state index in [1.54, 1.807) is 11.3 Å². The van der Waals surface area contributed by atoms with E-state index < -0.39 is 0 Å². The Bertz CT molecular complexity index is 930. The third-order valence-electron chi connectivity index (χ3n) is 3.65. The van der Waals surface area contributed by atoms with Crippen LogP contribution >= 0.6 is 0 Å². The average molecular weight is 279 g/mol. The first-order valence-electron chi connectivity index (χ1n) is 6.70. The maximum absolute atomic E-state index is 12.2. The van der Waals surface area contributed by atoms with Crippen molar-refractivity contribution < 1.29 is 4.42 Å². The van der Waals surface area contributed by atoms with Crippen molar-refractivity contribution in [3.63, 3.8) is 0 Å². The highest BCUT2D eigenvalue weighted by atomic mass is 16.4. The zero-order chi connectivity index (χ0) is 14.4. The Hall–Kier alpha value is -2.82. The van der Waals surface area contributed by atoms with Gasteiger partial charge in [-0.15, -0.1) is 0 Å². The molecule has 2 heterocycles. The van der Waals surface area contributed by atoms with Gasteiger partial charge in [-0.3, -0.25) is 0 Å². The molecule has 21 heavy (non-hydrogen) atoms. The van der Waals surface area contributed by atoms with Crippen LogP contribution in [-0.2, 0) is 0 Å². The molecular formula is C16H13N3O2. The fourth-order valence-corrected chi connectivity index (χ4v) is 2.61. The van der Waals surface area contributed by atoms with Crippen LogP contribution in [0.4, 0.5) is 5.69 Å². The van der Waals surface area contributed by atoms with Gasteiger partial charge in [0.1, 0.15) is 24.3 Å². The third-order valence-corrected chi connectivity index (χ3v) is 3.65. The van der Waals surface area contributed by atoms with Crippen molar-refractivity contribution in [1.29, 1.82) is 0 Å². The minimum atomic E-state index is -0.370. The largest absolute Gasteiger partial charge is 0.421 e. The van der Waals surface area contributed by atoms with Crippen molar-refractivity contribution in [3.05, 3.63) is 52.9 Å². The molecule has 0 fully saturated rings. The summed E-state index contributed by atoms with van der Waals surface area (Å²) in [6.45, 7) is 0.543. The van der Waals surface area contributed by atoms with Crippen molar-refractivity contribution >= 4 is 33.8 Å². The molecule has 0 saturated carbocycles. The first kappa shape index (κ1) is 12.0. The van der Waals surface area contributed by atoms with Crippen molar-refractivity contribution in [1.82, 2.24) is 4.90 Å². The van der Waals surface area contributed by atoms with Gasteiger partial charge in [0.05, 0.1) is 0 Å². The predicted molar refractivity (Wildman–Crippen MR) is 83.6 cm³/mol. The first-order chi connectivity index (χ1) is 10.2. The van der Waals surface area contributed by atoms with Crippen molar-refractivity contribution in [3.8, 4) is 0 Å². The standard InChI is InChI=1S/C16H13N3O2/c1-18-9-17-19(10-18)14-8-13-12-5-3-2-4-11(12)6-7-15(13)21-16(14)20/h2-9H,10H2,1H3. The Morgan fingerprint density at radius 2 is 2.00 bits per heavy atom. The van der Waals surface area contributed by atoms with E-state index in [1.165, 1.54) is 0 Å². The molecule has 5 nitrogen and oxygen atoms in total. The zero-order valence-electron chi connectivity index (χ0n) is 11.5. The van der Waals surface area contributed by atoms with E-state index in [0.29, 0.717) is 17.9 Å². The van der Waals surface area contributed by atoms with Gasteiger partial charge in [0, 0.05) is 12.4 Å². The van der Waals surface area contributed by atoms with Crippen molar-refractivity contribution in [2.75, 3.05) is 18.7 Å². The van der Waals surface area contributed by atoms with E-state index in [2.05, 4.69) is 5.10 Å². The fraction of sp³-hybridized carbons (Fsp3) is 0.125. The molecule has 0 saturated heterocycles. The van der Waals surface area contributed by atoms with Gasteiger partial charge in [0.25, 0.3) is 0 Å². The van der Waals surface area contributed by atoms with E-state index in [0.717, 1.165) is 16.2 Å². The Morgan fingerprint density at radius 1 is 1.14 bits per heavy atom. The minimum Gasteiger partial charge on any atom is -0.421 e. The average Bonchev–Trinajstić information content (AvgIpc) is 2.92. The van der Waals surface area contributed by atoms with Crippen molar-refractivity contribution in [2.24, 2.45) is 5.10 Å². The molecule has 1 aliphatic heterocycles. The number of rotatable bonds is 1. The lowest BCUT2D eigenvalue weighted by Crippen LogP contribution is -2.26. The smallest absolute Gasteiger partial charge is 0.362 e. The Labute approximate surface area is 120 Å². The highest BCUT2D eigenvalue weighted by Gasteiger charge is 2.18. The monoisotopic (exact) mass is 279 g/mol. The summed E-state index contributed by atoms with van der Waals surface area (Å²) >= 11 is 0. The molecule has 0 amide bonds. The lowest BCUT2D eigenvalue weighted by atomic mass is 10.1. The van der Waals surface area contributed by atoms with Crippen LogP contribution in [0.3, 0.4) is 0 Å². The van der Waals surface area contributed by atoms with Crippen LogP contribution in [0, 0.1) is 0 Å². The molecule has 3 aromatic rings. The van der Waals surface area contributed by atoms with Gasteiger partial charge in [0.15, 0.2) is 0 Å². The third kappa shape index (κ3) is 1.86. The molecule has 1 aromatic heterocycles. The lowest BCUT2D eigenvalue weighted by Gasteiger charge is -2.15. The maximum atomic E-state index is 12.2. The molecule has 5 heteroatoms. The van der Waals surface area contributed by atoms with Gasteiger partial charge in [-0.1, -0.05) is 30.3 Å². The summed E-state index contributed by atoms with van der Waals surface area (Å²) in [6.07, 6.45) is 1.69. The van der Waals surface area contributed by atoms with Gasteiger partial charge in [-0.05, 0) is 22.9 Å². The van der Waals surface area contributed by atoms with E-state index in [-0.39, 0.29) is 5.63 Å². The highest BCUT2D eigenvalue weighted by Crippen LogP contribution is 2.27. The topological polar surface area (TPSA) is 49.0 Å². The summed E-state index contributed by atoms with van der Waals surface area (Å²) < 4.78 is 5.46. The SMILES string of the molecule is CN1C=NN(c2cc3c(ccc4ccccc43)oc2=O)C1. The summed E-state index contributed by atoms with van der Waals surface area (Å²) in [5.41, 5.74) is 0.684. The van der Waals surface area contributed by atoms with Gasteiger partial charge < -0.3 is 9.32 Å². The molecule has 0 radical (unpaired) electrons. The Kier molecular flexibility index (Phi) is 2.47. The molecule has 0 atom stereocenters. The number of anilines is 1. The van der Waals surface area contributed by atoms with Gasteiger partial charge in [0.2, 0.25) is 0 Å². The number of hydrogen-bond acceptors (Lipinski definition) is 5. The summed E-state index contributed by atoms with van der Waals surface area (Å²) in [7, 11) is 1.90. The molecule has 0 N–H and O–H groups in total. The van der Waals surface area contributed by atoms with Crippen LogP contribution in [0.5, 0.6) is 0 Å². The molecule has 0 aliphatic carbocycles. The summed E-state index contributed by atoms with van der Waals surface area (Å²) in [4.78, 5) is 14.1. The van der Waals surface area contributed by atoms with Crippen LogP contribution in [0.15, 0.2) is 56.8 Å². The summed E-state index contributed by atoms with van der Waals surface area (Å²) in [5, 5.41) is 8.96. The quantitative estimate of drug-likeness (QED) is 0.507. The second-order valence-corrected chi connectivity index (χ2v) is 5.15. The van der Waals surface area contributed by atoms with Crippen molar-refractivity contribution in [2.45, 2.75) is 0 Å². The second kappa shape index (κ2) is 4.34. The normalized spacial score (nSPS) is 14.5. The number of fused-ring (bicyclic) bond motifs is 3. The summed E-state index contributed by atoms with van der Waals surface area (Å²) in [6, 6.07) is 13.7. The Balaban J connectivity index is 2.00. The zero-order valence-corrected chi connectivity index (χ0v) is 11.5. The number of hydrogen-bond donors (Lipinski definition) is 0. The highest BCUT2D eigenvalue weighted by molar-refractivity contribution is 6.06. The lowest BCUT2D eigenvalue weighted by molar-refractivity contribution is 0.530. The van der Waals surface area contributed by atoms with E-state index in [9.17, 15) is 4.79 Å². The molecule has 4 rings (SSSR count). The van der Waals surface area contributed by atoms with Gasteiger partial charge >= 0.3 is 5.63 Å². The molecular weight excluding hydrogens is 266 g/mol. The maximum Gasteiger partial charge on any atom is 0.362 e. The first-order valence-corrected chi connectivity index (χ1v) is 6.70. The number of benzene rings is 2. The van der Waals surface area contributed by atoms with E-state index in [1.807, 2.05) is 54.4 Å². The van der Waals surface area contributed by atoms with Gasteiger partial charge in [-0.2, -0.15) is 5.10 Å². The molecule has 0 bridgehead atoms. The van der Waals surface area contributed by atoms with E-state index >= 15 is 0 Å². The minimum absolute atomic E-state index is 0.370. The van der Waals surface area contributed by atoms with Gasteiger partial charge in [-0.25, -0.2) is 9.80 Å². The second-order valence-electron chi connectivity index (χ2n) is 5.15. The fourth-order valence-electron chi connectivity index (χ4n) is 2.61. The number of nitrogens with zero attached hydrogens (tertiary/aromatic N) is 3. The van der Waals surface area contributed by atoms with E-state index in [4.69, 9.17) is 4.42 Å². The molecule has 104 valence electrons. The molecule has 0 unspecified atom stereocenters. The summed E-state index contributed by atoms with van der Waals surface area (Å²) in [5.74, 6) is 0. The van der Waals surface area contributed by atoms with Crippen LogP contribution in [0.1, 0.15) is 0 Å². The Morgan fingerprint density at radius 3 is 2.81 bits per heavy atom. The van der Waals surface area contributed by atoms with Crippen LogP contribution in [0.2, 0.25) is 0 Å².